The Kier molecular flexibility index (Phi) is 5.07. The lowest BCUT2D eigenvalue weighted by molar-refractivity contribution is 0.113. The van der Waals surface area contributed by atoms with Crippen LogP contribution in [-0.2, 0) is 12.8 Å². The fraction of sp³-hybridized carbons (Fsp3) is 0.733. The molecule has 0 aliphatic carbocycles. The van der Waals surface area contributed by atoms with Gasteiger partial charge in [-0.15, -0.1) is 0 Å². The molecule has 2 unspecified atom stereocenters. The predicted octanol–water partition coefficient (Wildman–Crippen LogP) is 0.463. The summed E-state index contributed by atoms with van der Waals surface area (Å²) in [6.07, 6.45) is 1.73. The summed E-state index contributed by atoms with van der Waals surface area (Å²) in [6.45, 7) is 7.38. The molecule has 2 atom stereocenters. The van der Waals surface area contributed by atoms with Crippen LogP contribution in [0.2, 0.25) is 0 Å². The number of aryl methyl sites for hydroxylation is 1. The second kappa shape index (κ2) is 6.61. The monoisotopic (exact) mass is 277 g/mol. The van der Waals surface area contributed by atoms with Crippen LogP contribution in [0.4, 0.5) is 0 Å². The van der Waals surface area contributed by atoms with Crippen molar-refractivity contribution < 1.29 is 0 Å². The largest absolute Gasteiger partial charge is 0.328 e. The maximum absolute atomic E-state index is 5.87. The van der Waals surface area contributed by atoms with Gasteiger partial charge in [-0.1, -0.05) is 0 Å². The molecule has 20 heavy (non-hydrogen) atoms. The molecule has 1 aliphatic rings. The second-order valence-corrected chi connectivity index (χ2v) is 6.20. The third kappa shape index (κ3) is 4.23. The summed E-state index contributed by atoms with van der Waals surface area (Å²) < 4.78 is 0. The van der Waals surface area contributed by atoms with Crippen LogP contribution < -0.4 is 5.73 Å². The van der Waals surface area contributed by atoms with E-state index in [0.29, 0.717) is 6.04 Å². The van der Waals surface area contributed by atoms with Crippen molar-refractivity contribution in [1.82, 2.24) is 19.8 Å². The van der Waals surface area contributed by atoms with E-state index in [4.69, 9.17) is 10.7 Å². The molecular formula is C15H27N5. The average Bonchev–Trinajstić information content (AvgIpc) is 2.32. The van der Waals surface area contributed by atoms with E-state index in [1.54, 1.807) is 0 Å². The summed E-state index contributed by atoms with van der Waals surface area (Å²) in [6, 6.07) is 2.68. The Morgan fingerprint density at radius 3 is 2.80 bits per heavy atom. The molecule has 5 heteroatoms. The fourth-order valence-corrected chi connectivity index (χ4v) is 2.76. The van der Waals surface area contributed by atoms with Gasteiger partial charge in [-0.25, -0.2) is 9.97 Å². The predicted molar refractivity (Wildman–Crippen MR) is 81.7 cm³/mol. The van der Waals surface area contributed by atoms with Gasteiger partial charge in [0.05, 0.1) is 0 Å². The van der Waals surface area contributed by atoms with Gasteiger partial charge >= 0.3 is 0 Å². The highest BCUT2D eigenvalue weighted by molar-refractivity contribution is 5.12. The first kappa shape index (κ1) is 15.4. The lowest BCUT2D eigenvalue weighted by Gasteiger charge is -2.37. The Hall–Kier alpha value is -1.04. The van der Waals surface area contributed by atoms with Crippen LogP contribution >= 0.6 is 0 Å². The van der Waals surface area contributed by atoms with E-state index in [9.17, 15) is 0 Å². The molecule has 0 aromatic carbocycles. The molecule has 0 spiro atoms. The number of likely N-dealkylation sites (N-methyl/N-ethyl adjacent to an activating group) is 2. The van der Waals surface area contributed by atoms with Crippen LogP contribution in [0.3, 0.4) is 0 Å². The van der Waals surface area contributed by atoms with E-state index in [1.165, 1.54) is 0 Å². The minimum absolute atomic E-state index is 0.139. The zero-order valence-corrected chi connectivity index (χ0v) is 13.1. The summed E-state index contributed by atoms with van der Waals surface area (Å²) in [7, 11) is 4.37. The highest BCUT2D eigenvalue weighted by Crippen LogP contribution is 2.12. The van der Waals surface area contributed by atoms with Crippen molar-refractivity contribution in [2.24, 2.45) is 5.73 Å². The van der Waals surface area contributed by atoms with Gasteiger partial charge in [-0.2, -0.15) is 0 Å². The standard InChI is InChI=1S/C15H27N5/c1-11(16)7-13-8-12(2)17-15(18-13)9-14-10-19(3)5-6-20(14)4/h8,11,14H,5-7,9-10,16H2,1-4H3. The van der Waals surface area contributed by atoms with E-state index in [2.05, 4.69) is 28.9 Å². The van der Waals surface area contributed by atoms with Crippen LogP contribution in [0.5, 0.6) is 0 Å². The van der Waals surface area contributed by atoms with Crippen molar-refractivity contribution in [3.8, 4) is 0 Å². The molecule has 0 bridgehead atoms. The van der Waals surface area contributed by atoms with Gasteiger partial charge in [-0.3, -0.25) is 0 Å². The molecule has 1 fully saturated rings. The Balaban J connectivity index is 2.09. The summed E-state index contributed by atoms with van der Waals surface area (Å²) >= 11 is 0. The molecule has 0 radical (unpaired) electrons. The molecular weight excluding hydrogens is 250 g/mol. The first-order valence-electron chi connectivity index (χ1n) is 7.42. The zero-order chi connectivity index (χ0) is 14.7. The normalized spacial score (nSPS) is 22.9. The maximum Gasteiger partial charge on any atom is 0.130 e. The summed E-state index contributed by atoms with van der Waals surface area (Å²) in [5.74, 6) is 0.952. The van der Waals surface area contributed by atoms with Crippen molar-refractivity contribution in [1.29, 1.82) is 0 Å². The lowest BCUT2D eigenvalue weighted by Crippen LogP contribution is -2.51. The van der Waals surface area contributed by atoms with Crippen molar-refractivity contribution >= 4 is 0 Å². The first-order valence-corrected chi connectivity index (χ1v) is 7.42. The number of rotatable bonds is 4. The molecule has 112 valence electrons. The van der Waals surface area contributed by atoms with E-state index in [-0.39, 0.29) is 6.04 Å². The number of hydrogen-bond acceptors (Lipinski definition) is 5. The molecule has 0 amide bonds. The molecule has 1 aromatic heterocycles. The van der Waals surface area contributed by atoms with Crippen molar-refractivity contribution in [3.05, 3.63) is 23.3 Å². The van der Waals surface area contributed by atoms with Crippen LogP contribution in [0.1, 0.15) is 24.1 Å². The Morgan fingerprint density at radius 2 is 2.10 bits per heavy atom. The molecule has 1 aliphatic heterocycles. The van der Waals surface area contributed by atoms with Crippen molar-refractivity contribution in [2.75, 3.05) is 33.7 Å². The highest BCUT2D eigenvalue weighted by Gasteiger charge is 2.23. The molecule has 0 saturated carbocycles. The lowest BCUT2D eigenvalue weighted by atomic mass is 10.1. The molecule has 2 heterocycles. The number of nitrogens with zero attached hydrogens (tertiary/aromatic N) is 4. The number of piperazine rings is 1. The van der Waals surface area contributed by atoms with Crippen LogP contribution in [0.25, 0.3) is 0 Å². The smallest absolute Gasteiger partial charge is 0.130 e. The number of aromatic nitrogens is 2. The third-order valence-corrected chi connectivity index (χ3v) is 3.88. The molecule has 1 saturated heterocycles. The fourth-order valence-electron chi connectivity index (χ4n) is 2.76. The van der Waals surface area contributed by atoms with Crippen LogP contribution in [-0.4, -0.2) is 65.6 Å². The first-order chi connectivity index (χ1) is 9.44. The topological polar surface area (TPSA) is 58.3 Å². The molecule has 1 aromatic rings. The minimum atomic E-state index is 0.139. The highest BCUT2D eigenvalue weighted by atomic mass is 15.3. The summed E-state index contributed by atoms with van der Waals surface area (Å²) in [4.78, 5) is 14.1. The van der Waals surface area contributed by atoms with E-state index in [1.807, 2.05) is 19.9 Å². The maximum atomic E-state index is 5.87. The summed E-state index contributed by atoms with van der Waals surface area (Å²) in [5.41, 5.74) is 7.98. The second-order valence-electron chi connectivity index (χ2n) is 6.20. The molecule has 2 N–H and O–H groups in total. The van der Waals surface area contributed by atoms with E-state index in [0.717, 1.165) is 49.7 Å². The zero-order valence-electron chi connectivity index (χ0n) is 13.1. The van der Waals surface area contributed by atoms with E-state index >= 15 is 0 Å². The average molecular weight is 277 g/mol. The van der Waals surface area contributed by atoms with Gasteiger partial charge in [-0.05, 0) is 34.0 Å². The van der Waals surface area contributed by atoms with E-state index < -0.39 is 0 Å². The van der Waals surface area contributed by atoms with Crippen molar-refractivity contribution in [3.63, 3.8) is 0 Å². The summed E-state index contributed by atoms with van der Waals surface area (Å²) in [5, 5.41) is 0. The number of hydrogen-bond donors (Lipinski definition) is 1. The third-order valence-electron chi connectivity index (χ3n) is 3.88. The van der Waals surface area contributed by atoms with Gasteiger partial charge in [0.15, 0.2) is 0 Å². The Bertz CT molecular complexity index is 446. The Labute approximate surface area is 122 Å². The van der Waals surface area contributed by atoms with Gasteiger partial charge < -0.3 is 15.5 Å². The van der Waals surface area contributed by atoms with Gasteiger partial charge in [0.25, 0.3) is 0 Å². The number of nitrogens with two attached hydrogens (primary N) is 1. The minimum Gasteiger partial charge on any atom is -0.328 e. The van der Waals surface area contributed by atoms with Crippen LogP contribution in [0, 0.1) is 6.92 Å². The van der Waals surface area contributed by atoms with Gasteiger partial charge in [0, 0.05) is 55.9 Å². The Morgan fingerprint density at radius 1 is 1.35 bits per heavy atom. The van der Waals surface area contributed by atoms with Gasteiger partial charge in [0.2, 0.25) is 0 Å². The van der Waals surface area contributed by atoms with Crippen LogP contribution in [0.15, 0.2) is 6.07 Å². The molecule has 2 rings (SSSR count). The van der Waals surface area contributed by atoms with Gasteiger partial charge in [0.1, 0.15) is 5.82 Å². The quantitative estimate of drug-likeness (QED) is 0.866. The SMILES string of the molecule is Cc1cc(CC(C)N)nc(CC2CN(C)CCN2C)n1. The van der Waals surface area contributed by atoms with Crippen molar-refractivity contribution in [2.45, 2.75) is 38.8 Å². The molecule has 5 nitrogen and oxygen atoms in total.